The van der Waals surface area contributed by atoms with Crippen LogP contribution >= 0.6 is 0 Å². The van der Waals surface area contributed by atoms with Crippen molar-refractivity contribution in [2.45, 2.75) is 70.9 Å². The van der Waals surface area contributed by atoms with Crippen LogP contribution in [-0.4, -0.2) is 81.1 Å². The molecule has 10 nitrogen and oxygen atoms in total. The van der Waals surface area contributed by atoms with Gasteiger partial charge in [0, 0.05) is 52.8 Å². The fourth-order valence-corrected chi connectivity index (χ4v) is 6.12. The SMILES string of the molecule is CN(C=O)c1cc(N2CCC(C3CCN(C(=O)OC(C)(C)C)CC3)CC2)c(F)cc1N(C)C1CCC(=O)NC1=O. The Kier molecular flexibility index (Phi) is 8.90. The van der Waals surface area contributed by atoms with Gasteiger partial charge in [0.25, 0.3) is 0 Å². The van der Waals surface area contributed by atoms with Crippen LogP contribution < -0.4 is 20.0 Å². The molecule has 3 aliphatic rings. The quantitative estimate of drug-likeness (QED) is 0.420. The van der Waals surface area contributed by atoms with Crippen molar-refractivity contribution in [2.24, 2.45) is 11.8 Å². The molecule has 3 fully saturated rings. The van der Waals surface area contributed by atoms with E-state index in [4.69, 9.17) is 4.74 Å². The number of carbonyl (C=O) groups is 4. The maximum absolute atomic E-state index is 15.6. The normalized spacial score (nSPS) is 21.2. The number of rotatable bonds is 6. The third-order valence-corrected chi connectivity index (χ3v) is 8.38. The number of carbonyl (C=O) groups excluding carboxylic acids is 4. The average molecular weight is 560 g/mol. The molecule has 0 saturated carbocycles. The summed E-state index contributed by atoms with van der Waals surface area (Å²) in [6.07, 6.45) is 4.66. The first kappa shape index (κ1) is 29.6. The molecule has 0 bridgehead atoms. The van der Waals surface area contributed by atoms with Gasteiger partial charge in [-0.2, -0.15) is 0 Å². The fraction of sp³-hybridized carbons (Fsp3) is 0.655. The molecule has 1 unspecified atom stereocenters. The van der Waals surface area contributed by atoms with Gasteiger partial charge in [-0.15, -0.1) is 0 Å². The van der Waals surface area contributed by atoms with Crippen molar-refractivity contribution >= 4 is 41.4 Å². The van der Waals surface area contributed by atoms with E-state index in [-0.39, 0.29) is 18.4 Å². The summed E-state index contributed by atoms with van der Waals surface area (Å²) in [6.45, 7) is 8.39. The lowest BCUT2D eigenvalue weighted by Gasteiger charge is -2.41. The van der Waals surface area contributed by atoms with Crippen LogP contribution in [0.3, 0.4) is 0 Å². The van der Waals surface area contributed by atoms with E-state index in [2.05, 4.69) is 5.32 Å². The largest absolute Gasteiger partial charge is 0.444 e. The third kappa shape index (κ3) is 6.67. The van der Waals surface area contributed by atoms with Gasteiger partial charge >= 0.3 is 6.09 Å². The lowest BCUT2D eigenvalue weighted by Crippen LogP contribution is -2.51. The van der Waals surface area contributed by atoms with Crippen LogP contribution in [0.15, 0.2) is 12.1 Å². The van der Waals surface area contributed by atoms with Gasteiger partial charge in [-0.3, -0.25) is 19.7 Å². The predicted octanol–water partition coefficient (Wildman–Crippen LogP) is 3.52. The summed E-state index contributed by atoms with van der Waals surface area (Å²) in [5, 5.41) is 2.34. The van der Waals surface area contributed by atoms with E-state index in [1.54, 1.807) is 30.0 Å². The van der Waals surface area contributed by atoms with Gasteiger partial charge in [-0.05, 0) is 70.8 Å². The average Bonchev–Trinajstić information content (AvgIpc) is 2.91. The molecule has 40 heavy (non-hydrogen) atoms. The number of anilines is 3. The molecule has 1 aromatic carbocycles. The first-order valence-electron chi connectivity index (χ1n) is 14.2. The fourth-order valence-electron chi connectivity index (χ4n) is 6.12. The Morgan fingerprint density at radius 1 is 1.00 bits per heavy atom. The number of piperidine rings is 3. The lowest BCUT2D eigenvalue weighted by atomic mass is 9.79. The van der Waals surface area contributed by atoms with Crippen molar-refractivity contribution in [1.29, 1.82) is 0 Å². The molecule has 3 aliphatic heterocycles. The minimum Gasteiger partial charge on any atom is -0.444 e. The first-order chi connectivity index (χ1) is 18.9. The number of imide groups is 1. The first-order valence-corrected chi connectivity index (χ1v) is 14.2. The highest BCUT2D eigenvalue weighted by Gasteiger charge is 2.35. The predicted molar refractivity (Wildman–Crippen MR) is 151 cm³/mol. The number of benzene rings is 1. The second-order valence-corrected chi connectivity index (χ2v) is 12.2. The molecule has 11 heteroatoms. The summed E-state index contributed by atoms with van der Waals surface area (Å²) >= 11 is 0. The molecule has 4 amide bonds. The summed E-state index contributed by atoms with van der Waals surface area (Å²) in [7, 11) is 3.28. The smallest absolute Gasteiger partial charge is 0.410 e. The highest BCUT2D eigenvalue weighted by atomic mass is 19.1. The van der Waals surface area contributed by atoms with E-state index in [1.807, 2.05) is 25.7 Å². The molecular formula is C29H42FN5O5. The molecule has 0 aromatic heterocycles. The Hall–Kier alpha value is -3.37. The van der Waals surface area contributed by atoms with Gasteiger partial charge in [0.1, 0.15) is 17.5 Å². The van der Waals surface area contributed by atoms with E-state index in [0.717, 1.165) is 25.7 Å². The zero-order valence-corrected chi connectivity index (χ0v) is 24.2. The van der Waals surface area contributed by atoms with E-state index in [0.29, 0.717) is 67.9 Å². The van der Waals surface area contributed by atoms with Gasteiger partial charge in [-0.25, -0.2) is 9.18 Å². The van der Waals surface area contributed by atoms with Crippen LogP contribution in [-0.2, 0) is 19.1 Å². The summed E-state index contributed by atoms with van der Waals surface area (Å²) in [5.74, 6) is -0.135. The molecular weight excluding hydrogens is 517 g/mol. The third-order valence-electron chi connectivity index (χ3n) is 8.38. The molecule has 4 rings (SSSR count). The number of likely N-dealkylation sites (tertiary alicyclic amines) is 1. The number of ether oxygens (including phenoxy) is 1. The standard InChI is InChI=1S/C29H42FN5O5/c1-29(2,3)40-28(39)35-14-10-20(11-15-35)19-8-12-34(13-9-19)23-17-24(32(4)18-36)25(16-21(23)30)33(5)22-6-7-26(37)31-27(22)38/h16-20,22H,6-15H2,1-5H3,(H,31,37,38). The van der Waals surface area contributed by atoms with Gasteiger partial charge in [-0.1, -0.05) is 0 Å². The van der Waals surface area contributed by atoms with Crippen LogP contribution in [0.4, 0.5) is 26.2 Å². The van der Waals surface area contributed by atoms with E-state index < -0.39 is 23.4 Å². The van der Waals surface area contributed by atoms with Crippen LogP contribution in [0.2, 0.25) is 0 Å². The molecule has 0 aliphatic carbocycles. The number of likely N-dealkylation sites (N-methyl/N-ethyl adjacent to an activating group) is 1. The molecule has 1 atom stereocenters. The highest BCUT2D eigenvalue weighted by Crippen LogP contribution is 2.39. The van der Waals surface area contributed by atoms with Gasteiger partial charge < -0.3 is 24.3 Å². The number of amides is 4. The number of nitrogens with zero attached hydrogens (tertiary/aromatic N) is 4. The Balaban J connectivity index is 1.41. The zero-order valence-electron chi connectivity index (χ0n) is 24.2. The molecule has 1 N–H and O–H groups in total. The second-order valence-electron chi connectivity index (χ2n) is 12.2. The van der Waals surface area contributed by atoms with E-state index in [1.165, 1.54) is 11.0 Å². The minimum absolute atomic E-state index is 0.204. The lowest BCUT2D eigenvalue weighted by molar-refractivity contribution is -0.134. The van der Waals surface area contributed by atoms with Crippen molar-refractivity contribution in [3.8, 4) is 0 Å². The Morgan fingerprint density at radius 2 is 1.60 bits per heavy atom. The maximum atomic E-state index is 15.6. The van der Waals surface area contributed by atoms with E-state index in [9.17, 15) is 19.2 Å². The highest BCUT2D eigenvalue weighted by molar-refractivity contribution is 6.02. The molecule has 0 spiro atoms. The topological polar surface area (TPSA) is 102 Å². The molecule has 3 saturated heterocycles. The molecule has 3 heterocycles. The summed E-state index contributed by atoms with van der Waals surface area (Å²) in [4.78, 5) is 55.0. The van der Waals surface area contributed by atoms with Gasteiger partial charge in [0.05, 0.1) is 17.1 Å². The van der Waals surface area contributed by atoms with Crippen LogP contribution in [0.1, 0.15) is 59.3 Å². The number of halogens is 1. The van der Waals surface area contributed by atoms with Crippen LogP contribution in [0.5, 0.6) is 0 Å². The number of hydrogen-bond donors (Lipinski definition) is 1. The Labute approximate surface area is 235 Å². The summed E-state index contributed by atoms with van der Waals surface area (Å²) in [6, 6.07) is 2.42. The van der Waals surface area contributed by atoms with Crippen LogP contribution in [0.25, 0.3) is 0 Å². The monoisotopic (exact) mass is 559 g/mol. The summed E-state index contributed by atoms with van der Waals surface area (Å²) in [5.41, 5.74) is 0.837. The number of nitrogens with one attached hydrogen (secondary N) is 1. The van der Waals surface area contributed by atoms with Crippen molar-refractivity contribution in [3.05, 3.63) is 17.9 Å². The van der Waals surface area contributed by atoms with Crippen molar-refractivity contribution in [2.75, 3.05) is 55.0 Å². The second kappa shape index (κ2) is 12.0. The Bertz CT molecular complexity index is 1120. The van der Waals surface area contributed by atoms with E-state index >= 15 is 4.39 Å². The van der Waals surface area contributed by atoms with Crippen molar-refractivity contribution < 1.29 is 28.3 Å². The maximum Gasteiger partial charge on any atom is 0.410 e. The molecule has 0 radical (unpaired) electrons. The summed E-state index contributed by atoms with van der Waals surface area (Å²) < 4.78 is 21.1. The zero-order chi connectivity index (χ0) is 29.2. The minimum atomic E-state index is -0.640. The van der Waals surface area contributed by atoms with Crippen molar-refractivity contribution in [1.82, 2.24) is 10.2 Å². The van der Waals surface area contributed by atoms with Crippen LogP contribution in [0, 0.1) is 17.7 Å². The van der Waals surface area contributed by atoms with Gasteiger partial charge in [0.2, 0.25) is 18.2 Å². The number of hydrogen-bond acceptors (Lipinski definition) is 7. The van der Waals surface area contributed by atoms with Crippen molar-refractivity contribution in [3.63, 3.8) is 0 Å². The molecule has 220 valence electrons. The van der Waals surface area contributed by atoms with Gasteiger partial charge in [0.15, 0.2) is 0 Å². The molecule has 1 aromatic rings. The Morgan fingerprint density at radius 3 is 2.15 bits per heavy atom.